The summed E-state index contributed by atoms with van der Waals surface area (Å²) in [4.78, 5) is 0. The monoisotopic (exact) mass is 369 g/mol. The van der Waals surface area contributed by atoms with Crippen LogP contribution in [0, 0.1) is 0 Å². The fourth-order valence-corrected chi connectivity index (χ4v) is 3.28. The molecule has 0 aliphatic rings. The third-order valence-corrected chi connectivity index (χ3v) is 4.71. The number of nitrogens with zero attached hydrogens (tertiary/aromatic N) is 1. The minimum Gasteiger partial charge on any atom is -0.380 e. The Bertz CT molecular complexity index is 648. The Hall–Kier alpha value is -1.49. The van der Waals surface area contributed by atoms with Gasteiger partial charge in [-0.3, -0.25) is 0 Å². The second kappa shape index (κ2) is 10.6. The van der Waals surface area contributed by atoms with Crippen LogP contribution in [0.2, 0.25) is 0 Å². The van der Waals surface area contributed by atoms with Crippen LogP contribution in [0.3, 0.4) is 0 Å². The van der Waals surface area contributed by atoms with Crippen LogP contribution in [0.1, 0.15) is 63.9 Å². The fourth-order valence-electron chi connectivity index (χ4n) is 3.28. The van der Waals surface area contributed by atoms with Gasteiger partial charge in [0.1, 0.15) is 0 Å². The van der Waals surface area contributed by atoms with E-state index in [0.717, 1.165) is 18.9 Å². The van der Waals surface area contributed by atoms with Crippen molar-refractivity contribution < 1.29 is 17.9 Å². The minimum absolute atomic E-state index is 0.246. The lowest BCUT2D eigenvalue weighted by molar-refractivity contribution is -0.136. The molecular weight excluding hydrogens is 339 g/mol. The first-order chi connectivity index (χ1) is 12.5. The number of fused-ring (bicyclic) bond motifs is 1. The van der Waals surface area contributed by atoms with Crippen LogP contribution in [0.25, 0.3) is 10.9 Å². The van der Waals surface area contributed by atoms with Crippen molar-refractivity contribution in [1.29, 1.82) is 0 Å². The summed E-state index contributed by atoms with van der Waals surface area (Å²) in [5.74, 6) is 0. The standard InChI is InChI=1S/C21H30F3NO/c1-2-3-4-5-6-7-8-9-16-26-17-15-25-14-13-18-11-10-12-19(20(18)25)21(22,23)24/h10-14H,2-9,15-17H2,1H3. The molecule has 0 saturated heterocycles. The highest BCUT2D eigenvalue weighted by atomic mass is 19.4. The number of unbranched alkanes of at least 4 members (excludes halogenated alkanes) is 7. The van der Waals surface area contributed by atoms with Gasteiger partial charge in [0.05, 0.1) is 17.7 Å². The number of rotatable bonds is 12. The minimum atomic E-state index is -4.34. The Balaban J connectivity index is 1.69. The van der Waals surface area contributed by atoms with Gasteiger partial charge in [0.15, 0.2) is 0 Å². The average Bonchev–Trinajstić information content (AvgIpc) is 3.02. The predicted octanol–water partition coefficient (Wildman–Crippen LogP) is 6.82. The van der Waals surface area contributed by atoms with Gasteiger partial charge in [0, 0.05) is 24.7 Å². The molecule has 2 nitrogen and oxygen atoms in total. The summed E-state index contributed by atoms with van der Waals surface area (Å²) in [5, 5.41) is 0.614. The van der Waals surface area contributed by atoms with Crippen LogP contribution < -0.4 is 0 Å². The highest BCUT2D eigenvalue weighted by molar-refractivity contribution is 5.83. The molecule has 146 valence electrons. The van der Waals surface area contributed by atoms with Crippen LogP contribution >= 0.6 is 0 Å². The van der Waals surface area contributed by atoms with Gasteiger partial charge in [-0.1, -0.05) is 64.0 Å². The van der Waals surface area contributed by atoms with Gasteiger partial charge in [-0.15, -0.1) is 0 Å². The van der Waals surface area contributed by atoms with Crippen LogP contribution in [-0.4, -0.2) is 17.8 Å². The van der Waals surface area contributed by atoms with Crippen LogP contribution in [0.15, 0.2) is 30.5 Å². The van der Waals surface area contributed by atoms with Gasteiger partial charge in [-0.2, -0.15) is 13.2 Å². The molecule has 0 spiro atoms. The largest absolute Gasteiger partial charge is 0.418 e. The lowest BCUT2D eigenvalue weighted by Gasteiger charge is -2.12. The number of halogens is 3. The molecule has 0 amide bonds. The summed E-state index contributed by atoms with van der Waals surface area (Å²) in [6.45, 7) is 3.78. The Morgan fingerprint density at radius 2 is 1.58 bits per heavy atom. The van der Waals surface area contributed by atoms with E-state index in [-0.39, 0.29) is 5.52 Å². The van der Waals surface area contributed by atoms with Crippen LogP contribution in [0.5, 0.6) is 0 Å². The summed E-state index contributed by atoms with van der Waals surface area (Å²) in [7, 11) is 0. The van der Waals surface area contributed by atoms with E-state index in [2.05, 4.69) is 6.92 Å². The number of hydrogen-bond acceptors (Lipinski definition) is 1. The Kier molecular flexibility index (Phi) is 8.49. The maximum atomic E-state index is 13.2. The van der Waals surface area contributed by atoms with Gasteiger partial charge in [-0.05, 0) is 18.6 Å². The van der Waals surface area contributed by atoms with E-state index < -0.39 is 11.7 Å². The molecule has 0 N–H and O–H groups in total. The van der Waals surface area contributed by atoms with Crippen molar-refractivity contribution in [2.24, 2.45) is 0 Å². The normalized spacial score (nSPS) is 12.2. The molecule has 1 aromatic carbocycles. The van der Waals surface area contributed by atoms with Crippen molar-refractivity contribution in [1.82, 2.24) is 4.57 Å². The molecule has 0 aliphatic heterocycles. The zero-order valence-electron chi connectivity index (χ0n) is 15.7. The van der Waals surface area contributed by atoms with E-state index in [9.17, 15) is 13.2 Å². The maximum Gasteiger partial charge on any atom is 0.418 e. The van der Waals surface area contributed by atoms with E-state index >= 15 is 0 Å². The van der Waals surface area contributed by atoms with Crippen LogP contribution in [-0.2, 0) is 17.5 Å². The molecule has 1 aromatic heterocycles. The summed E-state index contributed by atoms with van der Waals surface area (Å²) in [6, 6.07) is 6.03. The SMILES string of the molecule is CCCCCCCCCCOCCn1ccc2cccc(C(F)(F)F)c21. The first kappa shape index (κ1) is 20.8. The zero-order chi connectivity index (χ0) is 18.8. The van der Waals surface area contributed by atoms with Gasteiger partial charge in [0.2, 0.25) is 0 Å². The van der Waals surface area contributed by atoms with E-state index in [0.29, 0.717) is 25.1 Å². The van der Waals surface area contributed by atoms with Gasteiger partial charge >= 0.3 is 6.18 Å². The second-order valence-electron chi connectivity index (χ2n) is 6.84. The molecule has 26 heavy (non-hydrogen) atoms. The average molecular weight is 369 g/mol. The van der Waals surface area contributed by atoms with Crippen molar-refractivity contribution in [2.75, 3.05) is 13.2 Å². The molecule has 0 unspecified atom stereocenters. The molecule has 5 heteroatoms. The van der Waals surface area contributed by atoms with E-state index in [1.54, 1.807) is 22.9 Å². The van der Waals surface area contributed by atoms with Gasteiger partial charge in [-0.25, -0.2) is 0 Å². The highest BCUT2D eigenvalue weighted by Gasteiger charge is 2.33. The molecule has 1 heterocycles. The number of hydrogen-bond donors (Lipinski definition) is 0. The Morgan fingerprint density at radius 1 is 0.885 bits per heavy atom. The van der Waals surface area contributed by atoms with Crippen molar-refractivity contribution in [3.63, 3.8) is 0 Å². The smallest absolute Gasteiger partial charge is 0.380 e. The summed E-state index contributed by atoms with van der Waals surface area (Å²) >= 11 is 0. The molecule has 0 aliphatic carbocycles. The molecule has 0 fully saturated rings. The molecular formula is C21H30F3NO. The lowest BCUT2D eigenvalue weighted by Crippen LogP contribution is -2.11. The third kappa shape index (κ3) is 6.35. The van der Waals surface area contributed by atoms with Gasteiger partial charge < -0.3 is 9.30 Å². The molecule has 0 radical (unpaired) electrons. The summed E-state index contributed by atoms with van der Waals surface area (Å²) < 4.78 is 46.8. The van der Waals surface area contributed by atoms with E-state index in [1.165, 1.54) is 44.6 Å². The number of para-hydroxylation sites is 1. The predicted molar refractivity (Wildman–Crippen MR) is 100 cm³/mol. The lowest BCUT2D eigenvalue weighted by atomic mass is 10.1. The topological polar surface area (TPSA) is 14.2 Å². The second-order valence-corrected chi connectivity index (χ2v) is 6.84. The van der Waals surface area contributed by atoms with E-state index in [1.807, 2.05) is 0 Å². The van der Waals surface area contributed by atoms with Crippen molar-refractivity contribution in [3.8, 4) is 0 Å². The molecule has 0 bridgehead atoms. The summed E-state index contributed by atoms with van der Waals surface area (Å²) in [5.41, 5.74) is -0.334. The number of ether oxygens (including phenoxy) is 1. The summed E-state index contributed by atoms with van der Waals surface area (Å²) in [6.07, 6.45) is 7.33. The quantitative estimate of drug-likeness (QED) is 0.375. The van der Waals surface area contributed by atoms with Gasteiger partial charge in [0.25, 0.3) is 0 Å². The van der Waals surface area contributed by atoms with Crippen molar-refractivity contribution in [3.05, 3.63) is 36.0 Å². The Labute approximate surface area is 154 Å². The van der Waals surface area contributed by atoms with Crippen molar-refractivity contribution >= 4 is 10.9 Å². The Morgan fingerprint density at radius 3 is 2.27 bits per heavy atom. The maximum absolute atomic E-state index is 13.2. The molecule has 2 aromatic rings. The molecule has 2 rings (SSSR count). The third-order valence-electron chi connectivity index (χ3n) is 4.71. The first-order valence-electron chi connectivity index (χ1n) is 9.77. The molecule has 0 saturated carbocycles. The van der Waals surface area contributed by atoms with E-state index in [4.69, 9.17) is 4.74 Å². The highest BCUT2D eigenvalue weighted by Crippen LogP contribution is 2.35. The molecule has 0 atom stereocenters. The zero-order valence-corrected chi connectivity index (χ0v) is 15.7. The number of benzene rings is 1. The van der Waals surface area contributed by atoms with Crippen LogP contribution in [0.4, 0.5) is 13.2 Å². The number of aromatic nitrogens is 1. The first-order valence-corrected chi connectivity index (χ1v) is 9.77. The fraction of sp³-hybridized carbons (Fsp3) is 0.619. The van der Waals surface area contributed by atoms with Crippen molar-refractivity contribution in [2.45, 2.75) is 71.0 Å². The number of alkyl halides is 3.